The van der Waals surface area contributed by atoms with Gasteiger partial charge in [-0.3, -0.25) is 0 Å². The zero-order chi connectivity index (χ0) is 25.6. The molecule has 8 nitrogen and oxygen atoms in total. The fourth-order valence-corrected chi connectivity index (χ4v) is 5.98. The van der Waals surface area contributed by atoms with Crippen molar-refractivity contribution < 1.29 is 8.42 Å². The van der Waals surface area contributed by atoms with Crippen molar-refractivity contribution in [2.45, 2.75) is 26.0 Å². The van der Waals surface area contributed by atoms with E-state index >= 15 is 0 Å². The number of sulfonamides is 1. The van der Waals surface area contributed by atoms with Gasteiger partial charge >= 0.3 is 0 Å². The molecule has 11 heteroatoms. The third kappa shape index (κ3) is 4.45. The second-order valence-corrected chi connectivity index (χ2v) is 12.3. The first-order valence-electron chi connectivity index (χ1n) is 11.7. The molecular weight excluding hydrogens is 519 g/mol. The number of piperazine rings is 1. The van der Waals surface area contributed by atoms with Crippen molar-refractivity contribution in [1.29, 1.82) is 0 Å². The normalized spacial score (nSPS) is 15.2. The predicted octanol–water partition coefficient (Wildman–Crippen LogP) is 4.93. The highest BCUT2D eigenvalue weighted by Crippen LogP contribution is 2.38. The number of hydrogen-bond donors (Lipinski definition) is 0. The Hall–Kier alpha value is -2.72. The Labute approximate surface area is 220 Å². The van der Waals surface area contributed by atoms with Gasteiger partial charge < -0.3 is 4.90 Å². The standard InChI is InChI=1S/C25H26Cl2N6O2S/c1-16(2)36(34,35)32-14-12-31(13-15-32)25-28-17(3)33-24(29-25)22(18-8-10-19(26)11-9-18)23(30-33)20-6-4-5-7-21(20)27/h4-11,16H,12-15H2,1-3H3. The van der Waals surface area contributed by atoms with Crippen LogP contribution in [0.15, 0.2) is 48.5 Å². The summed E-state index contributed by atoms with van der Waals surface area (Å²) >= 11 is 12.7. The third-order valence-corrected chi connectivity index (χ3v) is 9.23. The summed E-state index contributed by atoms with van der Waals surface area (Å²) in [6.45, 7) is 7.08. The van der Waals surface area contributed by atoms with Crippen LogP contribution < -0.4 is 4.90 Å². The molecule has 4 aromatic rings. The van der Waals surface area contributed by atoms with E-state index < -0.39 is 15.3 Å². The van der Waals surface area contributed by atoms with Gasteiger partial charge in [-0.05, 0) is 44.5 Å². The molecule has 1 saturated heterocycles. The van der Waals surface area contributed by atoms with Crippen molar-refractivity contribution in [3.8, 4) is 22.4 Å². The average molecular weight is 545 g/mol. The Morgan fingerprint density at radius 3 is 2.22 bits per heavy atom. The fourth-order valence-electron chi connectivity index (χ4n) is 4.36. The Balaban J connectivity index is 1.61. The third-order valence-electron chi connectivity index (χ3n) is 6.37. The molecule has 2 aromatic carbocycles. The maximum absolute atomic E-state index is 12.6. The van der Waals surface area contributed by atoms with Gasteiger partial charge in [-0.25, -0.2) is 8.42 Å². The fraction of sp³-hybridized carbons (Fsp3) is 0.320. The summed E-state index contributed by atoms with van der Waals surface area (Å²) in [5.41, 5.74) is 3.87. The van der Waals surface area contributed by atoms with Crippen molar-refractivity contribution in [2.24, 2.45) is 0 Å². The van der Waals surface area contributed by atoms with Crippen LogP contribution in [-0.4, -0.2) is 63.7 Å². The largest absolute Gasteiger partial charge is 0.338 e. The van der Waals surface area contributed by atoms with Crippen LogP contribution in [0.4, 0.5) is 5.95 Å². The molecule has 2 aromatic heterocycles. The summed E-state index contributed by atoms with van der Waals surface area (Å²) in [5, 5.41) is 5.63. The van der Waals surface area contributed by atoms with Crippen LogP contribution in [-0.2, 0) is 10.0 Å². The first-order chi connectivity index (χ1) is 17.2. The van der Waals surface area contributed by atoms with Crippen LogP contribution in [0.25, 0.3) is 28.0 Å². The topological polar surface area (TPSA) is 83.7 Å². The summed E-state index contributed by atoms with van der Waals surface area (Å²) in [4.78, 5) is 11.7. The Morgan fingerprint density at radius 2 is 1.58 bits per heavy atom. The van der Waals surface area contributed by atoms with Crippen LogP contribution in [0.2, 0.25) is 10.0 Å². The molecule has 36 heavy (non-hydrogen) atoms. The molecule has 1 aliphatic rings. The van der Waals surface area contributed by atoms with E-state index in [2.05, 4.69) is 0 Å². The molecule has 0 radical (unpaired) electrons. The van der Waals surface area contributed by atoms with Gasteiger partial charge in [0.2, 0.25) is 16.0 Å². The maximum Gasteiger partial charge on any atom is 0.229 e. The molecule has 0 aliphatic carbocycles. The van der Waals surface area contributed by atoms with Gasteiger partial charge in [-0.2, -0.15) is 23.9 Å². The Morgan fingerprint density at radius 1 is 0.917 bits per heavy atom. The highest BCUT2D eigenvalue weighted by Gasteiger charge is 2.31. The van der Waals surface area contributed by atoms with E-state index in [9.17, 15) is 8.42 Å². The van der Waals surface area contributed by atoms with Crippen LogP contribution in [0, 0.1) is 6.92 Å². The van der Waals surface area contributed by atoms with E-state index in [0.717, 1.165) is 16.7 Å². The monoisotopic (exact) mass is 544 g/mol. The van der Waals surface area contributed by atoms with Crippen LogP contribution in [0.1, 0.15) is 19.7 Å². The first kappa shape index (κ1) is 25.0. The lowest BCUT2D eigenvalue weighted by Crippen LogP contribution is -2.50. The highest BCUT2D eigenvalue weighted by molar-refractivity contribution is 7.89. The lowest BCUT2D eigenvalue weighted by molar-refractivity contribution is 0.378. The van der Waals surface area contributed by atoms with E-state index in [1.54, 1.807) is 22.7 Å². The number of hydrogen-bond acceptors (Lipinski definition) is 6. The minimum Gasteiger partial charge on any atom is -0.338 e. The second-order valence-electron chi connectivity index (χ2n) is 9.00. The smallest absolute Gasteiger partial charge is 0.229 e. The summed E-state index contributed by atoms with van der Waals surface area (Å²) in [5.74, 6) is 1.21. The van der Waals surface area contributed by atoms with Gasteiger partial charge in [-0.15, -0.1) is 0 Å². The number of benzene rings is 2. The molecule has 0 atom stereocenters. The number of halogens is 2. The zero-order valence-corrected chi connectivity index (χ0v) is 22.5. The second kappa shape index (κ2) is 9.63. The number of aryl methyl sites for hydroxylation is 1. The van der Waals surface area contributed by atoms with Gasteiger partial charge in [0.1, 0.15) is 11.5 Å². The van der Waals surface area contributed by atoms with Gasteiger partial charge in [0.15, 0.2) is 5.65 Å². The summed E-state index contributed by atoms with van der Waals surface area (Å²) < 4.78 is 28.5. The predicted molar refractivity (Wildman–Crippen MR) is 144 cm³/mol. The molecule has 0 N–H and O–H groups in total. The minimum absolute atomic E-state index is 0.391. The van der Waals surface area contributed by atoms with Crippen LogP contribution >= 0.6 is 23.2 Å². The average Bonchev–Trinajstić information content (AvgIpc) is 3.24. The van der Waals surface area contributed by atoms with Gasteiger partial charge in [-0.1, -0.05) is 53.5 Å². The van der Waals surface area contributed by atoms with E-state index in [4.69, 9.17) is 38.3 Å². The summed E-state index contributed by atoms with van der Waals surface area (Å²) in [6, 6.07) is 15.1. The van der Waals surface area contributed by atoms with E-state index in [0.29, 0.717) is 59.3 Å². The number of fused-ring (bicyclic) bond motifs is 1. The van der Waals surface area contributed by atoms with Crippen molar-refractivity contribution in [2.75, 3.05) is 31.1 Å². The molecular formula is C25H26Cl2N6O2S. The molecule has 188 valence electrons. The van der Waals surface area contributed by atoms with Gasteiger partial charge in [0.25, 0.3) is 0 Å². The van der Waals surface area contributed by atoms with Crippen LogP contribution in [0.5, 0.6) is 0 Å². The SMILES string of the molecule is Cc1nc(N2CCN(S(=O)(=O)C(C)C)CC2)nc2c(-c3ccc(Cl)cc3)c(-c3ccccc3Cl)nn12. The molecule has 1 aliphatic heterocycles. The zero-order valence-electron chi connectivity index (χ0n) is 20.2. The Kier molecular flexibility index (Phi) is 6.67. The number of anilines is 1. The first-order valence-corrected chi connectivity index (χ1v) is 13.9. The van der Waals surface area contributed by atoms with Crippen LogP contribution in [0.3, 0.4) is 0 Å². The lowest BCUT2D eigenvalue weighted by atomic mass is 10.0. The van der Waals surface area contributed by atoms with Crippen molar-refractivity contribution in [1.82, 2.24) is 23.9 Å². The van der Waals surface area contributed by atoms with E-state index in [-0.39, 0.29) is 0 Å². The lowest BCUT2D eigenvalue weighted by Gasteiger charge is -2.34. The number of rotatable bonds is 5. The number of nitrogens with zero attached hydrogens (tertiary/aromatic N) is 6. The molecule has 0 amide bonds. The minimum atomic E-state index is -3.30. The van der Waals surface area contributed by atoms with E-state index in [1.165, 1.54) is 0 Å². The van der Waals surface area contributed by atoms with E-state index in [1.807, 2.05) is 60.4 Å². The summed E-state index contributed by atoms with van der Waals surface area (Å²) in [7, 11) is -3.30. The maximum atomic E-state index is 12.6. The Bertz CT molecular complexity index is 1530. The molecule has 3 heterocycles. The van der Waals surface area contributed by atoms with Crippen molar-refractivity contribution in [3.05, 3.63) is 64.4 Å². The van der Waals surface area contributed by atoms with Gasteiger partial charge in [0, 0.05) is 36.8 Å². The van der Waals surface area contributed by atoms with Crippen molar-refractivity contribution in [3.63, 3.8) is 0 Å². The van der Waals surface area contributed by atoms with Gasteiger partial charge in [0.05, 0.1) is 15.8 Å². The molecule has 0 bridgehead atoms. The molecule has 0 spiro atoms. The molecule has 0 saturated carbocycles. The number of aromatic nitrogens is 4. The summed E-state index contributed by atoms with van der Waals surface area (Å²) in [6.07, 6.45) is 0. The quantitative estimate of drug-likeness (QED) is 0.354. The molecule has 5 rings (SSSR count). The molecule has 1 fully saturated rings. The highest BCUT2D eigenvalue weighted by atomic mass is 35.5. The molecule has 0 unspecified atom stereocenters. The van der Waals surface area contributed by atoms with Crippen molar-refractivity contribution >= 4 is 44.8 Å².